The van der Waals surface area contributed by atoms with Crippen LogP contribution in [0.4, 0.5) is 5.13 Å². The predicted octanol–water partition coefficient (Wildman–Crippen LogP) is 1.96. The number of halogens is 1. The van der Waals surface area contributed by atoms with Crippen molar-refractivity contribution in [3.63, 3.8) is 0 Å². The Morgan fingerprint density at radius 3 is 2.67 bits per heavy atom. The highest BCUT2D eigenvalue weighted by atomic mass is 79.9. The molecule has 1 atom stereocenters. The van der Waals surface area contributed by atoms with Crippen LogP contribution in [0, 0.1) is 0 Å². The van der Waals surface area contributed by atoms with Gasteiger partial charge in [0.2, 0.25) is 0 Å². The van der Waals surface area contributed by atoms with Gasteiger partial charge < -0.3 is 10.8 Å². The average molecular weight is 286 g/mol. The molecule has 3 N–H and O–H groups in total. The minimum absolute atomic E-state index is 0.446. The third kappa shape index (κ3) is 2.34. The molecule has 0 aliphatic heterocycles. The van der Waals surface area contributed by atoms with E-state index in [1.54, 1.807) is 18.5 Å². The van der Waals surface area contributed by atoms with Gasteiger partial charge in [-0.25, -0.2) is 4.98 Å². The molecular formula is C9H8BrN3OS. The number of pyridine rings is 1. The zero-order chi connectivity index (χ0) is 10.8. The summed E-state index contributed by atoms with van der Waals surface area (Å²) in [7, 11) is 0. The topological polar surface area (TPSA) is 72.0 Å². The molecule has 0 aromatic carbocycles. The van der Waals surface area contributed by atoms with E-state index < -0.39 is 6.10 Å². The van der Waals surface area contributed by atoms with E-state index in [-0.39, 0.29) is 0 Å². The van der Waals surface area contributed by atoms with Gasteiger partial charge in [-0.1, -0.05) is 11.3 Å². The van der Waals surface area contributed by atoms with E-state index in [4.69, 9.17) is 5.73 Å². The van der Waals surface area contributed by atoms with E-state index in [0.717, 1.165) is 4.47 Å². The first-order valence-corrected chi connectivity index (χ1v) is 5.78. The van der Waals surface area contributed by atoms with Crippen LogP contribution in [0.3, 0.4) is 0 Å². The van der Waals surface area contributed by atoms with Gasteiger partial charge in [-0.05, 0) is 28.1 Å². The molecule has 0 bridgehead atoms. The van der Waals surface area contributed by atoms with Crippen LogP contribution in [0.1, 0.15) is 16.7 Å². The van der Waals surface area contributed by atoms with Crippen molar-refractivity contribution in [1.82, 2.24) is 9.97 Å². The van der Waals surface area contributed by atoms with E-state index in [2.05, 4.69) is 25.9 Å². The largest absolute Gasteiger partial charge is 0.381 e. The molecule has 2 aromatic heterocycles. The van der Waals surface area contributed by atoms with Gasteiger partial charge in [-0.15, -0.1) is 0 Å². The number of thiazole rings is 1. The summed E-state index contributed by atoms with van der Waals surface area (Å²) in [6.07, 6.45) is 2.45. The molecule has 0 spiro atoms. The standard InChI is InChI=1S/C9H8BrN3OS/c10-5-1-2-6(12-3-5)8(14)7-4-13-9(11)15-7/h1-4,8,14H,(H2,11,13). The molecule has 2 aromatic rings. The first-order valence-electron chi connectivity index (χ1n) is 4.17. The van der Waals surface area contributed by atoms with Gasteiger partial charge in [-0.2, -0.15) is 0 Å². The molecule has 0 radical (unpaired) electrons. The van der Waals surface area contributed by atoms with Gasteiger partial charge in [-0.3, -0.25) is 4.98 Å². The highest BCUT2D eigenvalue weighted by Gasteiger charge is 2.14. The molecule has 15 heavy (non-hydrogen) atoms. The maximum Gasteiger partial charge on any atom is 0.180 e. The molecule has 0 saturated heterocycles. The van der Waals surface area contributed by atoms with E-state index >= 15 is 0 Å². The fourth-order valence-electron chi connectivity index (χ4n) is 1.12. The monoisotopic (exact) mass is 285 g/mol. The fourth-order valence-corrected chi connectivity index (χ4v) is 2.04. The van der Waals surface area contributed by atoms with E-state index in [1.807, 2.05) is 6.07 Å². The molecule has 1 unspecified atom stereocenters. The van der Waals surface area contributed by atoms with E-state index in [1.165, 1.54) is 11.3 Å². The van der Waals surface area contributed by atoms with Crippen molar-refractivity contribution in [3.8, 4) is 0 Å². The smallest absolute Gasteiger partial charge is 0.180 e. The number of nitrogens with two attached hydrogens (primary N) is 1. The lowest BCUT2D eigenvalue weighted by molar-refractivity contribution is 0.219. The Morgan fingerprint density at radius 2 is 2.13 bits per heavy atom. The summed E-state index contributed by atoms with van der Waals surface area (Å²) in [6, 6.07) is 3.58. The molecule has 0 fully saturated rings. The Hall–Kier alpha value is -0.980. The second-order valence-corrected chi connectivity index (χ2v) is 4.91. The number of nitrogen functional groups attached to an aromatic ring is 1. The third-order valence-corrected chi connectivity index (χ3v) is 3.19. The number of anilines is 1. The maximum absolute atomic E-state index is 9.93. The lowest BCUT2D eigenvalue weighted by atomic mass is 10.2. The number of rotatable bonds is 2. The lowest BCUT2D eigenvalue weighted by Crippen LogP contribution is -1.99. The third-order valence-electron chi connectivity index (χ3n) is 1.84. The van der Waals surface area contributed by atoms with Crippen molar-refractivity contribution in [1.29, 1.82) is 0 Å². The second kappa shape index (κ2) is 4.26. The summed E-state index contributed by atoms with van der Waals surface area (Å²) in [5.74, 6) is 0. The Balaban J connectivity index is 2.28. The molecule has 6 heteroatoms. The molecule has 0 aliphatic carbocycles. The molecule has 2 rings (SSSR count). The molecular weight excluding hydrogens is 278 g/mol. The second-order valence-electron chi connectivity index (χ2n) is 2.90. The predicted molar refractivity (Wildman–Crippen MR) is 62.5 cm³/mol. The van der Waals surface area contributed by atoms with Crippen LogP contribution < -0.4 is 5.73 Å². The Labute approximate surface area is 98.9 Å². The van der Waals surface area contributed by atoms with E-state index in [0.29, 0.717) is 15.7 Å². The fraction of sp³-hybridized carbons (Fsp3) is 0.111. The number of aliphatic hydroxyl groups is 1. The number of nitrogens with zero attached hydrogens (tertiary/aromatic N) is 2. The average Bonchev–Trinajstić information content (AvgIpc) is 2.65. The Kier molecular flexibility index (Phi) is 2.99. The number of aromatic nitrogens is 2. The molecule has 2 heterocycles. The zero-order valence-corrected chi connectivity index (χ0v) is 9.99. The van der Waals surface area contributed by atoms with Crippen molar-refractivity contribution < 1.29 is 5.11 Å². The van der Waals surface area contributed by atoms with Gasteiger partial charge in [0.25, 0.3) is 0 Å². The summed E-state index contributed by atoms with van der Waals surface area (Å²) in [4.78, 5) is 8.68. The van der Waals surface area contributed by atoms with Crippen LogP contribution in [0.15, 0.2) is 29.0 Å². The molecule has 0 saturated carbocycles. The summed E-state index contributed by atoms with van der Waals surface area (Å²) in [5, 5.41) is 10.4. The normalized spacial score (nSPS) is 12.7. The van der Waals surface area contributed by atoms with Crippen molar-refractivity contribution in [2.24, 2.45) is 0 Å². The van der Waals surface area contributed by atoms with Crippen LogP contribution in [0.5, 0.6) is 0 Å². The number of aliphatic hydroxyl groups excluding tert-OH is 1. The van der Waals surface area contributed by atoms with Crippen LogP contribution in [-0.4, -0.2) is 15.1 Å². The summed E-state index contributed by atoms with van der Waals surface area (Å²) in [6.45, 7) is 0. The summed E-state index contributed by atoms with van der Waals surface area (Å²) in [5.41, 5.74) is 6.07. The van der Waals surface area contributed by atoms with E-state index in [9.17, 15) is 5.11 Å². The molecule has 0 amide bonds. The summed E-state index contributed by atoms with van der Waals surface area (Å²) < 4.78 is 0.877. The quantitative estimate of drug-likeness (QED) is 0.885. The highest BCUT2D eigenvalue weighted by molar-refractivity contribution is 9.10. The summed E-state index contributed by atoms with van der Waals surface area (Å²) >= 11 is 4.54. The van der Waals surface area contributed by atoms with Gasteiger partial charge >= 0.3 is 0 Å². The lowest BCUT2D eigenvalue weighted by Gasteiger charge is -2.06. The Bertz CT molecular complexity index is 457. The number of hydrogen-bond acceptors (Lipinski definition) is 5. The first-order chi connectivity index (χ1) is 7.16. The van der Waals surface area contributed by atoms with Gasteiger partial charge in [0.1, 0.15) is 6.10 Å². The van der Waals surface area contributed by atoms with Crippen molar-refractivity contribution in [2.45, 2.75) is 6.10 Å². The highest BCUT2D eigenvalue weighted by Crippen LogP contribution is 2.26. The van der Waals surface area contributed by atoms with Crippen LogP contribution in [-0.2, 0) is 0 Å². The minimum atomic E-state index is -0.757. The maximum atomic E-state index is 9.93. The van der Waals surface area contributed by atoms with Crippen molar-refractivity contribution >= 4 is 32.4 Å². The SMILES string of the molecule is Nc1ncc(C(O)c2ccc(Br)cn2)s1. The van der Waals surface area contributed by atoms with Gasteiger partial charge in [0.05, 0.1) is 10.6 Å². The first kappa shape index (κ1) is 10.5. The van der Waals surface area contributed by atoms with Gasteiger partial charge in [0, 0.05) is 16.9 Å². The minimum Gasteiger partial charge on any atom is -0.381 e. The van der Waals surface area contributed by atoms with Crippen molar-refractivity contribution in [2.75, 3.05) is 5.73 Å². The Morgan fingerprint density at radius 1 is 1.33 bits per heavy atom. The van der Waals surface area contributed by atoms with Crippen LogP contribution in [0.2, 0.25) is 0 Å². The van der Waals surface area contributed by atoms with Crippen LogP contribution >= 0.6 is 27.3 Å². The van der Waals surface area contributed by atoms with Crippen molar-refractivity contribution in [3.05, 3.63) is 39.6 Å². The van der Waals surface area contributed by atoms with Gasteiger partial charge in [0.15, 0.2) is 5.13 Å². The molecule has 78 valence electrons. The zero-order valence-electron chi connectivity index (χ0n) is 7.59. The number of hydrogen-bond donors (Lipinski definition) is 2. The molecule has 0 aliphatic rings. The van der Waals surface area contributed by atoms with Crippen LogP contribution in [0.25, 0.3) is 0 Å². The molecule has 4 nitrogen and oxygen atoms in total.